The lowest BCUT2D eigenvalue weighted by Crippen LogP contribution is -2.47. The predicted octanol–water partition coefficient (Wildman–Crippen LogP) is 2.71. The van der Waals surface area contributed by atoms with E-state index in [1.165, 1.54) is 19.3 Å². The van der Waals surface area contributed by atoms with E-state index >= 15 is 0 Å². The maximum atomic E-state index is 12.7. The molecule has 2 unspecified atom stereocenters. The van der Waals surface area contributed by atoms with Crippen LogP contribution in [0.5, 0.6) is 0 Å². The highest BCUT2D eigenvalue weighted by Crippen LogP contribution is 2.43. The maximum Gasteiger partial charge on any atom is 0.226 e. The SMILES string of the molecule is CC(C)CC1(C(=O)NC(C)C2CCNC2)CCCC1. The van der Waals surface area contributed by atoms with Gasteiger partial charge >= 0.3 is 0 Å². The summed E-state index contributed by atoms with van der Waals surface area (Å²) in [5, 5.41) is 6.72. The summed E-state index contributed by atoms with van der Waals surface area (Å²) in [6.45, 7) is 8.80. The molecule has 3 heteroatoms. The van der Waals surface area contributed by atoms with Crippen LogP contribution in [0.3, 0.4) is 0 Å². The number of nitrogens with one attached hydrogen (secondary N) is 2. The van der Waals surface area contributed by atoms with Crippen LogP contribution >= 0.6 is 0 Å². The highest BCUT2D eigenvalue weighted by Gasteiger charge is 2.42. The van der Waals surface area contributed by atoms with Crippen molar-refractivity contribution in [3.8, 4) is 0 Å². The normalized spacial score (nSPS) is 27.7. The Labute approximate surface area is 117 Å². The minimum atomic E-state index is -0.0611. The lowest BCUT2D eigenvalue weighted by molar-refractivity contribution is -0.132. The average Bonchev–Trinajstić information content (AvgIpc) is 2.98. The fourth-order valence-electron chi connectivity index (χ4n) is 3.94. The van der Waals surface area contributed by atoms with Gasteiger partial charge in [-0.25, -0.2) is 0 Å². The Morgan fingerprint density at radius 1 is 1.32 bits per heavy atom. The molecule has 1 saturated heterocycles. The monoisotopic (exact) mass is 266 g/mol. The zero-order valence-electron chi connectivity index (χ0n) is 12.8. The molecule has 1 aliphatic carbocycles. The summed E-state index contributed by atoms with van der Waals surface area (Å²) in [6.07, 6.45) is 6.87. The van der Waals surface area contributed by atoms with E-state index in [-0.39, 0.29) is 5.41 Å². The molecule has 0 aromatic heterocycles. The van der Waals surface area contributed by atoms with Gasteiger partial charge in [0, 0.05) is 11.5 Å². The lowest BCUT2D eigenvalue weighted by atomic mass is 9.77. The smallest absolute Gasteiger partial charge is 0.226 e. The molecular formula is C16H30N2O. The summed E-state index contributed by atoms with van der Waals surface area (Å²) >= 11 is 0. The molecule has 19 heavy (non-hydrogen) atoms. The van der Waals surface area contributed by atoms with Gasteiger partial charge in [0.15, 0.2) is 0 Å². The molecule has 110 valence electrons. The van der Waals surface area contributed by atoms with Crippen molar-refractivity contribution in [2.24, 2.45) is 17.3 Å². The van der Waals surface area contributed by atoms with Gasteiger partial charge in [-0.15, -0.1) is 0 Å². The van der Waals surface area contributed by atoms with Crippen molar-refractivity contribution in [3.05, 3.63) is 0 Å². The first-order chi connectivity index (χ1) is 9.03. The summed E-state index contributed by atoms with van der Waals surface area (Å²) in [4.78, 5) is 12.7. The van der Waals surface area contributed by atoms with Crippen molar-refractivity contribution < 1.29 is 4.79 Å². The van der Waals surface area contributed by atoms with Gasteiger partial charge in [-0.2, -0.15) is 0 Å². The van der Waals surface area contributed by atoms with Gasteiger partial charge in [0.05, 0.1) is 0 Å². The van der Waals surface area contributed by atoms with Crippen LogP contribution in [0.4, 0.5) is 0 Å². The molecule has 1 heterocycles. The molecule has 0 aromatic carbocycles. The Morgan fingerprint density at radius 2 is 2.00 bits per heavy atom. The molecule has 0 spiro atoms. The van der Waals surface area contributed by atoms with E-state index < -0.39 is 0 Å². The molecule has 3 nitrogen and oxygen atoms in total. The number of hydrogen-bond acceptors (Lipinski definition) is 2. The molecule has 0 radical (unpaired) electrons. The van der Waals surface area contributed by atoms with Gasteiger partial charge in [-0.3, -0.25) is 4.79 Å². The summed E-state index contributed by atoms with van der Waals surface area (Å²) in [7, 11) is 0. The van der Waals surface area contributed by atoms with Crippen LogP contribution in [0.1, 0.15) is 59.3 Å². The van der Waals surface area contributed by atoms with Crippen molar-refractivity contribution in [1.82, 2.24) is 10.6 Å². The molecule has 1 saturated carbocycles. The molecule has 2 fully saturated rings. The number of rotatable bonds is 5. The Balaban J connectivity index is 1.95. The van der Waals surface area contributed by atoms with Gasteiger partial charge in [-0.05, 0) is 57.5 Å². The van der Waals surface area contributed by atoms with Crippen LogP contribution < -0.4 is 10.6 Å². The molecule has 2 aliphatic rings. The van der Waals surface area contributed by atoms with Crippen LogP contribution in [-0.4, -0.2) is 25.0 Å². The number of amides is 1. The average molecular weight is 266 g/mol. The van der Waals surface area contributed by atoms with E-state index in [2.05, 4.69) is 31.4 Å². The third-order valence-electron chi connectivity index (χ3n) is 5.01. The summed E-state index contributed by atoms with van der Waals surface area (Å²) < 4.78 is 0. The summed E-state index contributed by atoms with van der Waals surface area (Å²) in [5.41, 5.74) is -0.0611. The van der Waals surface area contributed by atoms with Crippen LogP contribution in [0, 0.1) is 17.3 Å². The Morgan fingerprint density at radius 3 is 2.53 bits per heavy atom. The first-order valence-corrected chi connectivity index (χ1v) is 8.05. The van der Waals surface area contributed by atoms with E-state index in [0.29, 0.717) is 23.8 Å². The second kappa shape index (κ2) is 6.25. The zero-order chi connectivity index (χ0) is 13.9. The van der Waals surface area contributed by atoms with Crippen LogP contribution in [0.15, 0.2) is 0 Å². The summed E-state index contributed by atoms with van der Waals surface area (Å²) in [6, 6.07) is 0.312. The van der Waals surface area contributed by atoms with Gasteiger partial charge in [0.1, 0.15) is 0 Å². The topological polar surface area (TPSA) is 41.1 Å². The molecule has 2 atom stereocenters. The van der Waals surface area contributed by atoms with E-state index in [0.717, 1.165) is 32.4 Å². The van der Waals surface area contributed by atoms with Crippen LogP contribution in [0.25, 0.3) is 0 Å². The molecule has 2 rings (SSSR count). The highest BCUT2D eigenvalue weighted by atomic mass is 16.2. The first-order valence-electron chi connectivity index (χ1n) is 8.05. The van der Waals surface area contributed by atoms with Crippen LogP contribution in [0.2, 0.25) is 0 Å². The van der Waals surface area contributed by atoms with Crippen molar-refractivity contribution in [3.63, 3.8) is 0 Å². The summed E-state index contributed by atoms with van der Waals surface area (Å²) in [5.74, 6) is 1.55. The minimum Gasteiger partial charge on any atom is -0.353 e. The predicted molar refractivity (Wildman–Crippen MR) is 78.9 cm³/mol. The third kappa shape index (κ3) is 3.50. The minimum absolute atomic E-state index is 0.0611. The number of carbonyl (C=O) groups excluding carboxylic acids is 1. The van der Waals surface area contributed by atoms with E-state index in [9.17, 15) is 4.79 Å². The Bertz CT molecular complexity index is 302. The fraction of sp³-hybridized carbons (Fsp3) is 0.938. The Kier molecular flexibility index (Phi) is 4.88. The molecule has 1 aliphatic heterocycles. The Hall–Kier alpha value is -0.570. The van der Waals surface area contributed by atoms with E-state index in [4.69, 9.17) is 0 Å². The molecule has 0 bridgehead atoms. The van der Waals surface area contributed by atoms with Gasteiger partial charge in [0.25, 0.3) is 0 Å². The number of carbonyl (C=O) groups is 1. The van der Waals surface area contributed by atoms with Gasteiger partial charge in [-0.1, -0.05) is 26.7 Å². The highest BCUT2D eigenvalue weighted by molar-refractivity contribution is 5.83. The third-order valence-corrected chi connectivity index (χ3v) is 5.01. The van der Waals surface area contributed by atoms with Crippen molar-refractivity contribution in [2.45, 2.75) is 65.3 Å². The standard InChI is InChI=1S/C16H30N2O/c1-12(2)10-16(7-4-5-8-16)15(19)18-13(3)14-6-9-17-11-14/h12-14,17H,4-11H2,1-3H3,(H,18,19). The van der Waals surface area contributed by atoms with Gasteiger partial charge in [0.2, 0.25) is 5.91 Å². The van der Waals surface area contributed by atoms with Crippen molar-refractivity contribution in [2.75, 3.05) is 13.1 Å². The maximum absolute atomic E-state index is 12.7. The van der Waals surface area contributed by atoms with Gasteiger partial charge < -0.3 is 10.6 Å². The zero-order valence-corrected chi connectivity index (χ0v) is 12.8. The van der Waals surface area contributed by atoms with Crippen LogP contribution in [-0.2, 0) is 4.79 Å². The lowest BCUT2D eigenvalue weighted by Gasteiger charge is -2.32. The van der Waals surface area contributed by atoms with Crippen molar-refractivity contribution in [1.29, 1.82) is 0 Å². The quantitative estimate of drug-likeness (QED) is 0.803. The van der Waals surface area contributed by atoms with E-state index in [1.807, 2.05) is 0 Å². The molecular weight excluding hydrogens is 236 g/mol. The first kappa shape index (κ1) is 14.8. The van der Waals surface area contributed by atoms with Crippen molar-refractivity contribution >= 4 is 5.91 Å². The largest absolute Gasteiger partial charge is 0.353 e. The second-order valence-electron chi connectivity index (χ2n) is 7.10. The molecule has 2 N–H and O–H groups in total. The van der Waals surface area contributed by atoms with E-state index in [1.54, 1.807) is 0 Å². The second-order valence-corrected chi connectivity index (χ2v) is 7.10. The number of hydrogen-bond donors (Lipinski definition) is 2. The molecule has 0 aromatic rings. The molecule has 1 amide bonds. The fourth-order valence-corrected chi connectivity index (χ4v) is 3.94.